The number of aryl methyl sites for hydroxylation is 1. The second-order valence-electron chi connectivity index (χ2n) is 8.08. The fraction of sp³-hybridized carbons (Fsp3) is 0.400. The minimum absolute atomic E-state index is 0.0308. The number of piperidine rings is 1. The van der Waals surface area contributed by atoms with Crippen molar-refractivity contribution in [2.45, 2.75) is 31.2 Å². The molecule has 3 rings (SSSR count). The van der Waals surface area contributed by atoms with Crippen LogP contribution in [0.15, 0.2) is 47.4 Å². The van der Waals surface area contributed by atoms with Crippen molar-refractivity contribution in [3.05, 3.63) is 53.6 Å². The fourth-order valence-electron chi connectivity index (χ4n) is 3.96. The van der Waals surface area contributed by atoms with Crippen LogP contribution in [0.2, 0.25) is 0 Å². The Balaban J connectivity index is 1.68. The van der Waals surface area contributed by atoms with Crippen LogP contribution in [0.25, 0.3) is 0 Å². The van der Waals surface area contributed by atoms with Gasteiger partial charge in [0.1, 0.15) is 0 Å². The molecule has 0 bridgehead atoms. The number of benzene rings is 2. The van der Waals surface area contributed by atoms with Crippen LogP contribution in [0.1, 0.15) is 24.0 Å². The molecule has 2 aromatic rings. The van der Waals surface area contributed by atoms with Gasteiger partial charge >= 0.3 is 0 Å². The standard InChI is InChI=1S/C25H30N2O5S/c1-5-14-26(18-20-8-6-19(2)7-9-20)25(28)21-12-15-27(16-13-21)33(29,30)22-10-11-23(31-3)24(17-22)32-4/h1,6-11,17,21H,12-16,18H2,2-4H3. The maximum absolute atomic E-state index is 13.2. The first-order valence-electron chi connectivity index (χ1n) is 10.8. The Labute approximate surface area is 196 Å². The molecule has 0 unspecified atom stereocenters. The van der Waals surface area contributed by atoms with Crippen LogP contribution < -0.4 is 9.47 Å². The van der Waals surface area contributed by atoms with E-state index < -0.39 is 10.0 Å². The molecule has 8 heteroatoms. The summed E-state index contributed by atoms with van der Waals surface area (Å²) < 4.78 is 38.1. The van der Waals surface area contributed by atoms with Crippen LogP contribution >= 0.6 is 0 Å². The summed E-state index contributed by atoms with van der Waals surface area (Å²) in [4.78, 5) is 15.0. The lowest BCUT2D eigenvalue weighted by Gasteiger charge is -2.33. The number of ether oxygens (including phenoxy) is 2. The molecule has 1 heterocycles. The van der Waals surface area contributed by atoms with E-state index >= 15 is 0 Å². The van der Waals surface area contributed by atoms with Crippen LogP contribution in [0.5, 0.6) is 11.5 Å². The molecule has 1 aliphatic heterocycles. The number of methoxy groups -OCH3 is 2. The van der Waals surface area contributed by atoms with Gasteiger partial charge in [-0.2, -0.15) is 4.31 Å². The minimum Gasteiger partial charge on any atom is -0.493 e. The Morgan fingerprint density at radius 1 is 1.09 bits per heavy atom. The summed E-state index contributed by atoms with van der Waals surface area (Å²) in [5, 5.41) is 0. The Bertz CT molecular complexity index is 1110. The van der Waals surface area contributed by atoms with Crippen molar-refractivity contribution >= 4 is 15.9 Å². The molecule has 0 atom stereocenters. The third-order valence-corrected chi connectivity index (χ3v) is 7.78. The van der Waals surface area contributed by atoms with Crippen molar-refractivity contribution in [3.63, 3.8) is 0 Å². The average Bonchev–Trinajstić information content (AvgIpc) is 2.84. The van der Waals surface area contributed by atoms with Gasteiger partial charge in [-0.3, -0.25) is 4.79 Å². The Morgan fingerprint density at radius 3 is 2.30 bits per heavy atom. The van der Waals surface area contributed by atoms with E-state index in [1.54, 1.807) is 11.0 Å². The smallest absolute Gasteiger partial charge is 0.243 e. The second-order valence-corrected chi connectivity index (χ2v) is 10.0. The minimum atomic E-state index is -3.71. The largest absolute Gasteiger partial charge is 0.493 e. The first kappa shape index (κ1) is 24.6. The summed E-state index contributed by atoms with van der Waals surface area (Å²) in [6.07, 6.45) is 6.40. The lowest BCUT2D eigenvalue weighted by molar-refractivity contribution is -0.136. The zero-order valence-electron chi connectivity index (χ0n) is 19.3. The number of rotatable bonds is 8. The molecule has 33 heavy (non-hydrogen) atoms. The van der Waals surface area contributed by atoms with Crippen molar-refractivity contribution < 1.29 is 22.7 Å². The number of terminal acetylenes is 1. The molecule has 0 saturated carbocycles. The van der Waals surface area contributed by atoms with Gasteiger partial charge in [0.25, 0.3) is 0 Å². The van der Waals surface area contributed by atoms with E-state index in [1.165, 1.54) is 30.7 Å². The molecule has 0 radical (unpaired) electrons. The summed E-state index contributed by atoms with van der Waals surface area (Å²) >= 11 is 0. The highest BCUT2D eigenvalue weighted by molar-refractivity contribution is 7.89. The highest BCUT2D eigenvalue weighted by Crippen LogP contribution is 2.32. The third-order valence-electron chi connectivity index (χ3n) is 5.88. The van der Waals surface area contributed by atoms with Crippen LogP contribution in [0.4, 0.5) is 0 Å². The average molecular weight is 471 g/mol. The summed E-state index contributed by atoms with van der Waals surface area (Å²) in [6.45, 7) is 3.20. The van der Waals surface area contributed by atoms with Gasteiger partial charge in [-0.15, -0.1) is 6.42 Å². The fourth-order valence-corrected chi connectivity index (χ4v) is 5.45. The summed E-state index contributed by atoms with van der Waals surface area (Å²) in [6, 6.07) is 12.5. The Kier molecular flexibility index (Phi) is 8.01. The van der Waals surface area contributed by atoms with Crippen molar-refractivity contribution in [2.75, 3.05) is 33.9 Å². The van der Waals surface area contributed by atoms with Crippen LogP contribution in [-0.2, 0) is 21.4 Å². The van der Waals surface area contributed by atoms with E-state index in [0.29, 0.717) is 30.9 Å². The maximum atomic E-state index is 13.2. The molecule has 0 aromatic heterocycles. The highest BCUT2D eigenvalue weighted by atomic mass is 32.2. The molecular weight excluding hydrogens is 440 g/mol. The second kappa shape index (κ2) is 10.7. The van der Waals surface area contributed by atoms with E-state index in [-0.39, 0.29) is 36.4 Å². The molecule has 176 valence electrons. The quantitative estimate of drug-likeness (QED) is 0.554. The normalized spacial score (nSPS) is 15.0. The highest BCUT2D eigenvalue weighted by Gasteiger charge is 2.34. The number of amides is 1. The molecule has 0 spiro atoms. The molecule has 0 aliphatic carbocycles. The molecule has 1 aliphatic rings. The van der Waals surface area contributed by atoms with Gasteiger partial charge in [-0.1, -0.05) is 35.7 Å². The summed E-state index contributed by atoms with van der Waals surface area (Å²) in [5.74, 6) is 3.09. The summed E-state index contributed by atoms with van der Waals surface area (Å²) in [7, 11) is -0.753. The van der Waals surface area contributed by atoms with Gasteiger partial charge in [0.05, 0.1) is 25.7 Å². The number of hydrogen-bond donors (Lipinski definition) is 0. The van der Waals surface area contributed by atoms with Crippen LogP contribution in [0, 0.1) is 25.2 Å². The van der Waals surface area contributed by atoms with Gasteiger partial charge in [0.15, 0.2) is 11.5 Å². The van der Waals surface area contributed by atoms with Crippen LogP contribution in [-0.4, -0.2) is 57.4 Å². The van der Waals surface area contributed by atoms with Gasteiger partial charge in [-0.05, 0) is 37.5 Å². The number of carbonyl (C=O) groups excluding carboxylic acids is 1. The molecule has 1 fully saturated rings. The van der Waals surface area contributed by atoms with E-state index in [4.69, 9.17) is 15.9 Å². The van der Waals surface area contributed by atoms with Crippen molar-refractivity contribution in [3.8, 4) is 23.8 Å². The predicted molar refractivity (Wildman–Crippen MR) is 126 cm³/mol. The molecule has 7 nitrogen and oxygen atoms in total. The Hall–Kier alpha value is -3.02. The zero-order chi connectivity index (χ0) is 24.0. The Morgan fingerprint density at radius 2 is 1.73 bits per heavy atom. The molecule has 2 aromatic carbocycles. The number of nitrogens with zero attached hydrogens (tertiary/aromatic N) is 2. The number of carbonyl (C=O) groups is 1. The number of hydrogen-bond acceptors (Lipinski definition) is 5. The molecule has 0 N–H and O–H groups in total. The van der Waals surface area contributed by atoms with Gasteiger partial charge < -0.3 is 14.4 Å². The first-order valence-corrected chi connectivity index (χ1v) is 12.2. The van der Waals surface area contributed by atoms with Crippen LogP contribution in [0.3, 0.4) is 0 Å². The molecular formula is C25H30N2O5S. The maximum Gasteiger partial charge on any atom is 0.243 e. The monoisotopic (exact) mass is 470 g/mol. The van der Waals surface area contributed by atoms with E-state index in [2.05, 4.69) is 5.92 Å². The van der Waals surface area contributed by atoms with Gasteiger partial charge in [0.2, 0.25) is 15.9 Å². The van der Waals surface area contributed by atoms with Crippen molar-refractivity contribution in [2.24, 2.45) is 5.92 Å². The van der Waals surface area contributed by atoms with Gasteiger partial charge in [0, 0.05) is 31.6 Å². The zero-order valence-corrected chi connectivity index (χ0v) is 20.1. The lowest BCUT2D eigenvalue weighted by atomic mass is 9.96. The molecule has 1 amide bonds. The van der Waals surface area contributed by atoms with Gasteiger partial charge in [-0.25, -0.2) is 8.42 Å². The topological polar surface area (TPSA) is 76.2 Å². The number of sulfonamides is 1. The predicted octanol–water partition coefficient (Wildman–Crippen LogP) is 3.07. The van der Waals surface area contributed by atoms with Crippen molar-refractivity contribution in [1.29, 1.82) is 0 Å². The first-order chi connectivity index (χ1) is 15.8. The molecule has 1 saturated heterocycles. The SMILES string of the molecule is C#CCN(Cc1ccc(C)cc1)C(=O)C1CCN(S(=O)(=O)c2ccc(OC)c(OC)c2)CC1. The van der Waals surface area contributed by atoms with E-state index in [9.17, 15) is 13.2 Å². The van der Waals surface area contributed by atoms with Crippen molar-refractivity contribution in [1.82, 2.24) is 9.21 Å². The summed E-state index contributed by atoms with van der Waals surface area (Å²) in [5.41, 5.74) is 2.16. The third kappa shape index (κ3) is 5.67. The lowest BCUT2D eigenvalue weighted by Crippen LogP contribution is -2.44. The van der Waals surface area contributed by atoms with E-state index in [1.807, 2.05) is 31.2 Å². The van der Waals surface area contributed by atoms with E-state index in [0.717, 1.165) is 11.1 Å².